The summed E-state index contributed by atoms with van der Waals surface area (Å²) in [4.78, 5) is 0. The molecule has 1 heteroatoms. The van der Waals surface area contributed by atoms with Gasteiger partial charge in [-0.05, 0) is 19.3 Å². The molecule has 1 nitrogen and oxygen atoms in total. The highest BCUT2D eigenvalue weighted by Gasteiger charge is 1.94. The van der Waals surface area contributed by atoms with Crippen LogP contribution in [0.5, 0.6) is 0 Å². The van der Waals surface area contributed by atoms with E-state index in [1.807, 2.05) is 6.08 Å². The largest absolute Gasteiger partial charge is 0.389 e. The van der Waals surface area contributed by atoms with Crippen molar-refractivity contribution in [3.8, 4) is 0 Å². The van der Waals surface area contributed by atoms with Crippen LogP contribution in [-0.4, -0.2) is 11.2 Å². The van der Waals surface area contributed by atoms with E-state index < -0.39 is 0 Å². The normalized spacial score (nSPS) is 13.8. The third-order valence-corrected chi connectivity index (χ3v) is 2.17. The van der Waals surface area contributed by atoms with Gasteiger partial charge in [0.1, 0.15) is 0 Å². The van der Waals surface area contributed by atoms with Crippen LogP contribution in [0, 0.1) is 0 Å². The zero-order valence-electron chi connectivity index (χ0n) is 9.13. The fraction of sp³-hybridized carbons (Fsp3) is 0.833. The van der Waals surface area contributed by atoms with Crippen LogP contribution in [0.25, 0.3) is 0 Å². The maximum Gasteiger partial charge on any atom is 0.0720 e. The molecule has 0 spiro atoms. The number of unbranched alkanes of at least 4 members (excludes halogenated alkanes) is 4. The number of rotatable bonds is 8. The first-order valence-electron chi connectivity index (χ1n) is 5.66. The minimum Gasteiger partial charge on any atom is -0.389 e. The number of aliphatic hydroxyl groups excluding tert-OH is 1. The van der Waals surface area contributed by atoms with Crippen LogP contribution in [0.4, 0.5) is 0 Å². The monoisotopic (exact) mass is 184 g/mol. The number of hydrogen-bond acceptors (Lipinski definition) is 1. The molecule has 0 bridgehead atoms. The molecule has 0 aromatic heterocycles. The molecule has 0 fully saturated rings. The third kappa shape index (κ3) is 9.62. The highest BCUT2D eigenvalue weighted by Crippen LogP contribution is 2.04. The molecule has 0 radical (unpaired) electrons. The van der Waals surface area contributed by atoms with Gasteiger partial charge in [-0.15, -0.1) is 0 Å². The standard InChI is InChI=1S/C12H24O/c1-3-5-6-7-8-9-11-12(13)10-4-2/h9,11-13H,3-8,10H2,1-2H3. The van der Waals surface area contributed by atoms with Gasteiger partial charge >= 0.3 is 0 Å². The predicted molar refractivity (Wildman–Crippen MR) is 58.8 cm³/mol. The summed E-state index contributed by atoms with van der Waals surface area (Å²) in [6.45, 7) is 4.32. The van der Waals surface area contributed by atoms with Gasteiger partial charge in [0, 0.05) is 0 Å². The van der Waals surface area contributed by atoms with Crippen molar-refractivity contribution in [1.82, 2.24) is 0 Å². The van der Waals surface area contributed by atoms with Crippen molar-refractivity contribution in [2.75, 3.05) is 0 Å². The highest BCUT2D eigenvalue weighted by molar-refractivity contribution is 4.88. The molecule has 13 heavy (non-hydrogen) atoms. The van der Waals surface area contributed by atoms with Crippen molar-refractivity contribution in [1.29, 1.82) is 0 Å². The van der Waals surface area contributed by atoms with Crippen LogP contribution in [0.15, 0.2) is 12.2 Å². The van der Waals surface area contributed by atoms with Gasteiger partial charge in [0.15, 0.2) is 0 Å². The lowest BCUT2D eigenvalue weighted by Crippen LogP contribution is -1.99. The minimum absolute atomic E-state index is 0.212. The molecule has 0 amide bonds. The van der Waals surface area contributed by atoms with E-state index in [0.717, 1.165) is 19.3 Å². The summed E-state index contributed by atoms with van der Waals surface area (Å²) >= 11 is 0. The zero-order valence-corrected chi connectivity index (χ0v) is 9.13. The van der Waals surface area contributed by atoms with Gasteiger partial charge in [0.05, 0.1) is 6.10 Å². The second kappa shape index (κ2) is 9.79. The molecule has 0 saturated heterocycles. The smallest absolute Gasteiger partial charge is 0.0720 e. The quantitative estimate of drug-likeness (QED) is 0.451. The zero-order chi connectivity index (χ0) is 9.94. The van der Waals surface area contributed by atoms with Crippen molar-refractivity contribution in [2.24, 2.45) is 0 Å². The number of allylic oxidation sites excluding steroid dienone is 1. The average molecular weight is 184 g/mol. The first kappa shape index (κ1) is 12.7. The first-order valence-corrected chi connectivity index (χ1v) is 5.66. The molecule has 1 N–H and O–H groups in total. The van der Waals surface area contributed by atoms with Crippen molar-refractivity contribution in [3.05, 3.63) is 12.2 Å². The Bertz CT molecular complexity index is 118. The van der Waals surface area contributed by atoms with Gasteiger partial charge in [-0.3, -0.25) is 0 Å². The van der Waals surface area contributed by atoms with E-state index in [1.165, 1.54) is 25.7 Å². The number of hydrogen-bond donors (Lipinski definition) is 1. The Labute approximate surface area is 82.9 Å². The topological polar surface area (TPSA) is 20.2 Å². The van der Waals surface area contributed by atoms with E-state index in [1.54, 1.807) is 0 Å². The van der Waals surface area contributed by atoms with Gasteiger partial charge in [-0.1, -0.05) is 51.7 Å². The second-order valence-electron chi connectivity index (χ2n) is 3.63. The summed E-state index contributed by atoms with van der Waals surface area (Å²) in [6.07, 6.45) is 12.1. The first-order chi connectivity index (χ1) is 6.31. The molecular formula is C12H24O. The van der Waals surface area contributed by atoms with Crippen molar-refractivity contribution < 1.29 is 5.11 Å². The van der Waals surface area contributed by atoms with E-state index in [2.05, 4.69) is 19.9 Å². The number of aliphatic hydroxyl groups is 1. The van der Waals surface area contributed by atoms with Crippen molar-refractivity contribution in [2.45, 2.75) is 64.9 Å². The Morgan fingerprint density at radius 1 is 1.08 bits per heavy atom. The van der Waals surface area contributed by atoms with Crippen LogP contribution in [0.2, 0.25) is 0 Å². The Hall–Kier alpha value is -0.300. The Balaban J connectivity index is 3.20. The Kier molecular flexibility index (Phi) is 9.56. The van der Waals surface area contributed by atoms with Crippen molar-refractivity contribution in [3.63, 3.8) is 0 Å². The molecular weight excluding hydrogens is 160 g/mol. The molecule has 0 aromatic rings. The van der Waals surface area contributed by atoms with Crippen molar-refractivity contribution >= 4 is 0 Å². The van der Waals surface area contributed by atoms with Gasteiger partial charge < -0.3 is 5.11 Å². The third-order valence-electron chi connectivity index (χ3n) is 2.17. The van der Waals surface area contributed by atoms with Crippen LogP contribution >= 0.6 is 0 Å². The predicted octanol–water partition coefficient (Wildman–Crippen LogP) is 3.67. The summed E-state index contributed by atoms with van der Waals surface area (Å²) in [5, 5.41) is 9.37. The average Bonchev–Trinajstić information content (AvgIpc) is 2.11. The van der Waals surface area contributed by atoms with E-state index in [4.69, 9.17) is 0 Å². The van der Waals surface area contributed by atoms with E-state index in [0.29, 0.717) is 0 Å². The van der Waals surface area contributed by atoms with Crippen LogP contribution < -0.4 is 0 Å². The molecule has 0 rings (SSSR count). The summed E-state index contributed by atoms with van der Waals surface area (Å²) in [7, 11) is 0. The Morgan fingerprint density at radius 2 is 1.85 bits per heavy atom. The Morgan fingerprint density at radius 3 is 2.46 bits per heavy atom. The lowest BCUT2D eigenvalue weighted by Gasteiger charge is -2.01. The summed E-state index contributed by atoms with van der Waals surface area (Å²) in [5.41, 5.74) is 0. The fourth-order valence-electron chi connectivity index (χ4n) is 1.33. The summed E-state index contributed by atoms with van der Waals surface area (Å²) in [6, 6.07) is 0. The maximum absolute atomic E-state index is 9.37. The minimum atomic E-state index is -0.212. The lowest BCUT2D eigenvalue weighted by molar-refractivity contribution is 0.211. The van der Waals surface area contributed by atoms with Gasteiger partial charge in [-0.2, -0.15) is 0 Å². The van der Waals surface area contributed by atoms with E-state index >= 15 is 0 Å². The molecule has 0 aromatic carbocycles. The van der Waals surface area contributed by atoms with Gasteiger partial charge in [0.25, 0.3) is 0 Å². The van der Waals surface area contributed by atoms with Crippen LogP contribution in [-0.2, 0) is 0 Å². The highest BCUT2D eigenvalue weighted by atomic mass is 16.3. The molecule has 78 valence electrons. The van der Waals surface area contributed by atoms with Gasteiger partial charge in [0.2, 0.25) is 0 Å². The fourth-order valence-corrected chi connectivity index (χ4v) is 1.33. The second-order valence-corrected chi connectivity index (χ2v) is 3.63. The molecule has 0 aliphatic carbocycles. The van der Waals surface area contributed by atoms with E-state index in [-0.39, 0.29) is 6.10 Å². The summed E-state index contributed by atoms with van der Waals surface area (Å²) < 4.78 is 0. The molecule has 1 atom stereocenters. The van der Waals surface area contributed by atoms with E-state index in [9.17, 15) is 5.11 Å². The SMILES string of the molecule is CCCCCCC=CC(O)CCC. The molecule has 0 aliphatic rings. The molecule has 0 heterocycles. The maximum atomic E-state index is 9.37. The summed E-state index contributed by atoms with van der Waals surface area (Å²) in [5.74, 6) is 0. The van der Waals surface area contributed by atoms with Crippen LogP contribution in [0.1, 0.15) is 58.8 Å². The molecule has 0 aliphatic heterocycles. The molecule has 0 saturated carbocycles. The van der Waals surface area contributed by atoms with Gasteiger partial charge in [-0.25, -0.2) is 0 Å². The molecule has 1 unspecified atom stereocenters. The van der Waals surface area contributed by atoms with Crippen LogP contribution in [0.3, 0.4) is 0 Å². The lowest BCUT2D eigenvalue weighted by atomic mass is 10.1.